The second-order valence-electron chi connectivity index (χ2n) is 9.31. The van der Waals surface area contributed by atoms with Gasteiger partial charge in [-0.2, -0.15) is 0 Å². The molecule has 3 fully saturated rings. The van der Waals surface area contributed by atoms with Gasteiger partial charge in [-0.1, -0.05) is 12.1 Å². The fourth-order valence-corrected chi connectivity index (χ4v) is 5.14. The number of amides is 3. The molecule has 0 aliphatic carbocycles. The largest absolute Gasteiger partial charge is 0.494 e. The van der Waals surface area contributed by atoms with E-state index in [1.807, 2.05) is 45.9 Å². The fourth-order valence-electron chi connectivity index (χ4n) is 5.14. The SMILES string of the molecule is CCOc1ccc(CC(=O)N2CCC(CN3CC(C(=O)N4CCCC4)CC3=O)CC2)cc1. The predicted octanol–water partition coefficient (Wildman–Crippen LogP) is 2.34. The van der Waals surface area contributed by atoms with E-state index in [1.54, 1.807) is 0 Å². The Bertz CT molecular complexity index is 811. The van der Waals surface area contributed by atoms with E-state index in [2.05, 4.69) is 0 Å². The second-order valence-corrected chi connectivity index (χ2v) is 9.31. The molecule has 7 heteroatoms. The smallest absolute Gasteiger partial charge is 0.227 e. The number of rotatable bonds is 7. The van der Waals surface area contributed by atoms with E-state index in [0.717, 1.165) is 63.2 Å². The minimum atomic E-state index is -0.170. The minimum Gasteiger partial charge on any atom is -0.494 e. The van der Waals surface area contributed by atoms with Crippen molar-refractivity contribution >= 4 is 17.7 Å². The molecule has 3 amide bonds. The van der Waals surface area contributed by atoms with Gasteiger partial charge in [0.25, 0.3) is 0 Å². The molecule has 4 rings (SSSR count). The third kappa shape index (κ3) is 5.43. The number of ether oxygens (including phenoxy) is 1. The monoisotopic (exact) mass is 441 g/mol. The first-order valence-electron chi connectivity index (χ1n) is 12.1. The minimum absolute atomic E-state index is 0.108. The Morgan fingerprint density at radius 2 is 1.69 bits per heavy atom. The summed E-state index contributed by atoms with van der Waals surface area (Å²) in [5.41, 5.74) is 0.997. The van der Waals surface area contributed by atoms with Crippen molar-refractivity contribution in [2.24, 2.45) is 11.8 Å². The summed E-state index contributed by atoms with van der Waals surface area (Å²) in [6.45, 7) is 7.00. The van der Waals surface area contributed by atoms with Crippen molar-refractivity contribution in [1.82, 2.24) is 14.7 Å². The molecule has 174 valence electrons. The lowest BCUT2D eigenvalue weighted by molar-refractivity contribution is -0.134. The highest BCUT2D eigenvalue weighted by atomic mass is 16.5. The molecule has 3 aliphatic heterocycles. The van der Waals surface area contributed by atoms with Crippen molar-refractivity contribution in [1.29, 1.82) is 0 Å². The van der Waals surface area contributed by atoms with Crippen molar-refractivity contribution < 1.29 is 19.1 Å². The van der Waals surface area contributed by atoms with Crippen LogP contribution in [0.2, 0.25) is 0 Å². The van der Waals surface area contributed by atoms with Crippen molar-refractivity contribution in [3.05, 3.63) is 29.8 Å². The van der Waals surface area contributed by atoms with E-state index in [4.69, 9.17) is 4.74 Å². The average molecular weight is 442 g/mol. The number of hydrogen-bond acceptors (Lipinski definition) is 4. The van der Waals surface area contributed by atoms with E-state index in [-0.39, 0.29) is 23.6 Å². The summed E-state index contributed by atoms with van der Waals surface area (Å²) in [5.74, 6) is 1.47. The lowest BCUT2D eigenvalue weighted by Crippen LogP contribution is -2.42. The molecule has 1 atom stereocenters. The normalized spacial score (nSPS) is 22.0. The Labute approximate surface area is 190 Å². The summed E-state index contributed by atoms with van der Waals surface area (Å²) >= 11 is 0. The van der Waals surface area contributed by atoms with Gasteiger partial charge in [0.1, 0.15) is 5.75 Å². The summed E-state index contributed by atoms with van der Waals surface area (Å²) in [6.07, 6.45) is 4.72. The molecule has 0 bridgehead atoms. The Morgan fingerprint density at radius 1 is 1.00 bits per heavy atom. The molecule has 0 aromatic heterocycles. The molecule has 7 nitrogen and oxygen atoms in total. The molecule has 0 spiro atoms. The van der Waals surface area contributed by atoms with E-state index in [9.17, 15) is 14.4 Å². The van der Waals surface area contributed by atoms with Crippen LogP contribution in [0.15, 0.2) is 24.3 Å². The molecule has 1 unspecified atom stereocenters. The molecule has 1 aromatic rings. The molecular formula is C25H35N3O4. The van der Waals surface area contributed by atoms with Gasteiger partial charge < -0.3 is 19.4 Å². The van der Waals surface area contributed by atoms with Crippen LogP contribution in [0.5, 0.6) is 5.75 Å². The van der Waals surface area contributed by atoms with Crippen molar-refractivity contribution in [3.63, 3.8) is 0 Å². The Hall–Kier alpha value is -2.57. The van der Waals surface area contributed by atoms with Gasteiger partial charge in [0.2, 0.25) is 17.7 Å². The lowest BCUT2D eigenvalue weighted by atomic mass is 9.95. The first kappa shape index (κ1) is 22.6. The third-order valence-electron chi connectivity index (χ3n) is 7.02. The number of nitrogens with zero attached hydrogens (tertiary/aromatic N) is 3. The number of hydrogen-bond donors (Lipinski definition) is 0. The lowest BCUT2D eigenvalue weighted by Gasteiger charge is -2.34. The van der Waals surface area contributed by atoms with E-state index in [0.29, 0.717) is 38.5 Å². The molecule has 0 radical (unpaired) electrons. The molecule has 32 heavy (non-hydrogen) atoms. The maximum absolute atomic E-state index is 12.7. The molecule has 3 heterocycles. The predicted molar refractivity (Wildman–Crippen MR) is 121 cm³/mol. The van der Waals surface area contributed by atoms with Gasteiger partial charge in [-0.25, -0.2) is 0 Å². The summed E-state index contributed by atoms with van der Waals surface area (Å²) in [5, 5.41) is 0. The molecule has 3 aliphatic rings. The molecule has 0 saturated carbocycles. The van der Waals surface area contributed by atoms with Crippen LogP contribution in [0.25, 0.3) is 0 Å². The standard InChI is InChI=1S/C25H35N3O4/c1-2-32-22-7-5-19(6-8-22)15-23(29)26-13-9-20(10-14-26)17-28-18-21(16-24(28)30)25(31)27-11-3-4-12-27/h5-8,20-21H,2-4,9-18H2,1H3. The topological polar surface area (TPSA) is 70.2 Å². The summed E-state index contributed by atoms with van der Waals surface area (Å²) in [7, 11) is 0. The van der Waals surface area contributed by atoms with E-state index < -0.39 is 0 Å². The van der Waals surface area contributed by atoms with Gasteiger partial charge in [0.15, 0.2) is 0 Å². The van der Waals surface area contributed by atoms with Crippen molar-refractivity contribution in [2.75, 3.05) is 45.9 Å². The van der Waals surface area contributed by atoms with Crippen LogP contribution in [0.4, 0.5) is 0 Å². The van der Waals surface area contributed by atoms with Crippen LogP contribution >= 0.6 is 0 Å². The summed E-state index contributed by atoms with van der Waals surface area (Å²) < 4.78 is 5.46. The van der Waals surface area contributed by atoms with Crippen molar-refractivity contribution in [3.8, 4) is 5.75 Å². The van der Waals surface area contributed by atoms with Crippen LogP contribution in [-0.4, -0.2) is 78.3 Å². The van der Waals surface area contributed by atoms with Gasteiger partial charge >= 0.3 is 0 Å². The third-order valence-corrected chi connectivity index (χ3v) is 7.02. The van der Waals surface area contributed by atoms with Gasteiger partial charge in [0.05, 0.1) is 18.9 Å². The number of likely N-dealkylation sites (tertiary alicyclic amines) is 3. The highest BCUT2D eigenvalue weighted by Gasteiger charge is 2.38. The van der Waals surface area contributed by atoms with Crippen LogP contribution < -0.4 is 4.74 Å². The first-order chi connectivity index (χ1) is 15.5. The zero-order chi connectivity index (χ0) is 22.5. The number of piperidine rings is 1. The maximum Gasteiger partial charge on any atom is 0.227 e. The Balaban J connectivity index is 1.21. The van der Waals surface area contributed by atoms with E-state index in [1.165, 1.54) is 0 Å². The highest BCUT2D eigenvalue weighted by Crippen LogP contribution is 2.26. The van der Waals surface area contributed by atoms with Crippen LogP contribution in [0.3, 0.4) is 0 Å². The Kier molecular flexibility index (Phi) is 7.33. The Morgan fingerprint density at radius 3 is 2.34 bits per heavy atom. The average Bonchev–Trinajstić information content (AvgIpc) is 3.46. The number of benzene rings is 1. The summed E-state index contributed by atoms with van der Waals surface area (Å²) in [4.78, 5) is 43.6. The van der Waals surface area contributed by atoms with Gasteiger partial charge in [0, 0.05) is 45.7 Å². The molecule has 0 N–H and O–H groups in total. The molecular weight excluding hydrogens is 406 g/mol. The summed E-state index contributed by atoms with van der Waals surface area (Å²) in [6, 6.07) is 7.73. The van der Waals surface area contributed by atoms with Crippen LogP contribution in [-0.2, 0) is 20.8 Å². The van der Waals surface area contributed by atoms with Gasteiger partial charge in [-0.15, -0.1) is 0 Å². The zero-order valence-electron chi connectivity index (χ0n) is 19.1. The second kappa shape index (κ2) is 10.4. The van der Waals surface area contributed by atoms with Crippen LogP contribution in [0, 0.1) is 11.8 Å². The van der Waals surface area contributed by atoms with Crippen molar-refractivity contribution in [2.45, 2.75) is 45.4 Å². The quantitative estimate of drug-likeness (QED) is 0.651. The van der Waals surface area contributed by atoms with Gasteiger partial charge in [-0.3, -0.25) is 14.4 Å². The maximum atomic E-state index is 12.7. The molecule has 1 aromatic carbocycles. The molecule has 3 saturated heterocycles. The van der Waals surface area contributed by atoms with Crippen LogP contribution in [0.1, 0.15) is 44.6 Å². The number of carbonyl (C=O) groups excluding carboxylic acids is 3. The fraction of sp³-hybridized carbons (Fsp3) is 0.640. The highest BCUT2D eigenvalue weighted by molar-refractivity contribution is 5.89. The number of carbonyl (C=O) groups is 3. The zero-order valence-corrected chi connectivity index (χ0v) is 19.1. The van der Waals surface area contributed by atoms with E-state index >= 15 is 0 Å². The van der Waals surface area contributed by atoms with Gasteiger partial charge in [-0.05, 0) is 56.2 Å². The first-order valence-corrected chi connectivity index (χ1v) is 12.1.